The first-order valence-corrected chi connectivity index (χ1v) is 3.50. The molecule has 0 rings (SSSR count). The van der Waals surface area contributed by atoms with Crippen LogP contribution in [0.1, 0.15) is 13.8 Å². The number of hydrogen-bond acceptors (Lipinski definition) is 2. The summed E-state index contributed by atoms with van der Waals surface area (Å²) in [5.74, 6) is -1.32. The van der Waals surface area contributed by atoms with Crippen LogP contribution < -0.4 is 0 Å². The molecule has 0 atom stereocenters. The molecule has 1 amide bonds. The number of amides is 1. The average molecular weight is 171 g/mol. The maximum atomic E-state index is 11.2. The van der Waals surface area contributed by atoms with Crippen LogP contribution in [0, 0.1) is 0 Å². The van der Waals surface area contributed by atoms with E-state index in [1.807, 2.05) is 0 Å². The Morgan fingerprint density at radius 1 is 1.08 bits per heavy atom. The SMILES string of the molecule is C/C(C(=O)O)=C(\C)C(=O)N(C)C. The van der Waals surface area contributed by atoms with Gasteiger partial charge in [0.2, 0.25) is 5.91 Å². The Morgan fingerprint density at radius 3 is 1.75 bits per heavy atom. The minimum atomic E-state index is -1.05. The predicted molar refractivity (Wildman–Crippen MR) is 44.7 cm³/mol. The van der Waals surface area contributed by atoms with Crippen molar-refractivity contribution in [3.8, 4) is 0 Å². The van der Waals surface area contributed by atoms with Gasteiger partial charge in [-0.05, 0) is 13.8 Å². The molecule has 1 N–H and O–H groups in total. The Hall–Kier alpha value is -1.32. The summed E-state index contributed by atoms with van der Waals surface area (Å²) in [6, 6.07) is 0. The van der Waals surface area contributed by atoms with Crippen LogP contribution in [-0.4, -0.2) is 36.0 Å². The van der Waals surface area contributed by atoms with Crippen molar-refractivity contribution in [2.45, 2.75) is 13.8 Å². The fraction of sp³-hybridized carbons (Fsp3) is 0.500. The van der Waals surface area contributed by atoms with E-state index < -0.39 is 5.97 Å². The molecule has 0 unspecified atom stereocenters. The number of likely N-dealkylation sites (N-methyl/N-ethyl adjacent to an activating group) is 1. The molecule has 0 aliphatic rings. The van der Waals surface area contributed by atoms with E-state index in [-0.39, 0.29) is 17.1 Å². The van der Waals surface area contributed by atoms with Crippen LogP contribution in [0.2, 0.25) is 0 Å². The van der Waals surface area contributed by atoms with Gasteiger partial charge in [0.15, 0.2) is 0 Å². The second-order valence-corrected chi connectivity index (χ2v) is 2.75. The van der Waals surface area contributed by atoms with Gasteiger partial charge in [-0.3, -0.25) is 4.79 Å². The minimum absolute atomic E-state index is 0.0914. The molecule has 0 aliphatic carbocycles. The molecule has 0 saturated heterocycles. The number of carbonyl (C=O) groups is 2. The largest absolute Gasteiger partial charge is 0.478 e. The quantitative estimate of drug-likeness (QED) is 0.615. The van der Waals surface area contributed by atoms with Crippen molar-refractivity contribution in [2.75, 3.05) is 14.1 Å². The van der Waals surface area contributed by atoms with Gasteiger partial charge < -0.3 is 10.0 Å². The number of rotatable bonds is 2. The highest BCUT2D eigenvalue weighted by atomic mass is 16.4. The fourth-order valence-corrected chi connectivity index (χ4v) is 0.656. The zero-order valence-corrected chi connectivity index (χ0v) is 7.71. The predicted octanol–water partition coefficient (Wildman–Crippen LogP) is 0.496. The summed E-state index contributed by atoms with van der Waals surface area (Å²) in [5, 5.41) is 8.55. The molecule has 0 saturated carbocycles. The van der Waals surface area contributed by atoms with Crippen molar-refractivity contribution < 1.29 is 14.7 Å². The molecule has 68 valence electrons. The van der Waals surface area contributed by atoms with Crippen LogP contribution in [0.3, 0.4) is 0 Å². The number of aliphatic carboxylic acids is 1. The highest BCUT2D eigenvalue weighted by Gasteiger charge is 2.13. The van der Waals surface area contributed by atoms with Crippen molar-refractivity contribution in [3.63, 3.8) is 0 Å². The minimum Gasteiger partial charge on any atom is -0.478 e. The van der Waals surface area contributed by atoms with Crippen LogP contribution in [-0.2, 0) is 9.59 Å². The van der Waals surface area contributed by atoms with E-state index in [9.17, 15) is 9.59 Å². The lowest BCUT2D eigenvalue weighted by molar-refractivity contribution is -0.133. The van der Waals surface area contributed by atoms with E-state index in [1.165, 1.54) is 18.7 Å². The molecule has 0 aromatic carbocycles. The van der Waals surface area contributed by atoms with Gasteiger partial charge >= 0.3 is 5.97 Å². The highest BCUT2D eigenvalue weighted by molar-refractivity contribution is 6.01. The van der Waals surface area contributed by atoms with E-state index in [2.05, 4.69) is 0 Å². The Bertz CT molecular complexity index is 241. The summed E-state index contributed by atoms with van der Waals surface area (Å²) in [6.07, 6.45) is 0. The summed E-state index contributed by atoms with van der Waals surface area (Å²) < 4.78 is 0. The number of carbonyl (C=O) groups excluding carboxylic acids is 1. The van der Waals surface area contributed by atoms with Gasteiger partial charge in [-0.1, -0.05) is 0 Å². The first kappa shape index (κ1) is 10.7. The molecule has 0 aromatic heterocycles. The number of carboxylic acid groups (broad SMARTS) is 1. The third-order valence-corrected chi connectivity index (χ3v) is 1.61. The van der Waals surface area contributed by atoms with Gasteiger partial charge in [-0.25, -0.2) is 4.79 Å². The summed E-state index contributed by atoms with van der Waals surface area (Å²) in [7, 11) is 3.17. The topological polar surface area (TPSA) is 57.6 Å². The van der Waals surface area contributed by atoms with Gasteiger partial charge in [-0.15, -0.1) is 0 Å². The van der Waals surface area contributed by atoms with E-state index >= 15 is 0 Å². The Balaban J connectivity index is 4.79. The molecule has 0 radical (unpaired) electrons. The fourth-order valence-electron chi connectivity index (χ4n) is 0.656. The molecule has 4 nitrogen and oxygen atoms in total. The maximum absolute atomic E-state index is 11.2. The van der Waals surface area contributed by atoms with Crippen LogP contribution in [0.15, 0.2) is 11.1 Å². The third kappa shape index (κ3) is 2.38. The smallest absolute Gasteiger partial charge is 0.331 e. The van der Waals surface area contributed by atoms with Crippen LogP contribution in [0.5, 0.6) is 0 Å². The van der Waals surface area contributed by atoms with Crippen molar-refractivity contribution in [1.82, 2.24) is 4.90 Å². The lowest BCUT2D eigenvalue weighted by Gasteiger charge is -2.11. The maximum Gasteiger partial charge on any atom is 0.331 e. The van der Waals surface area contributed by atoms with Crippen molar-refractivity contribution in [1.29, 1.82) is 0 Å². The van der Waals surface area contributed by atoms with Crippen LogP contribution in [0.4, 0.5) is 0 Å². The molecular weight excluding hydrogens is 158 g/mol. The molecule has 0 aromatic rings. The molecule has 0 aliphatic heterocycles. The van der Waals surface area contributed by atoms with Crippen LogP contribution >= 0.6 is 0 Å². The molecule has 0 bridgehead atoms. The molecule has 12 heavy (non-hydrogen) atoms. The van der Waals surface area contributed by atoms with Gasteiger partial charge in [0.05, 0.1) is 0 Å². The Labute approximate surface area is 71.5 Å². The monoisotopic (exact) mass is 171 g/mol. The summed E-state index contributed by atoms with van der Waals surface area (Å²) in [4.78, 5) is 23.0. The van der Waals surface area contributed by atoms with Gasteiger partial charge in [0, 0.05) is 25.2 Å². The summed E-state index contributed by atoms with van der Waals surface area (Å²) in [6.45, 7) is 2.92. The second kappa shape index (κ2) is 3.90. The molecule has 0 heterocycles. The zero-order chi connectivity index (χ0) is 9.89. The van der Waals surface area contributed by atoms with Crippen LogP contribution in [0.25, 0.3) is 0 Å². The molecule has 0 spiro atoms. The van der Waals surface area contributed by atoms with Crippen molar-refractivity contribution >= 4 is 11.9 Å². The third-order valence-electron chi connectivity index (χ3n) is 1.61. The summed E-state index contributed by atoms with van der Waals surface area (Å²) >= 11 is 0. The standard InChI is InChI=1S/C8H13NO3/c1-5(6(2)8(11)12)7(10)9(3)4/h1-4H3,(H,11,12)/b6-5-. The lowest BCUT2D eigenvalue weighted by Crippen LogP contribution is -2.24. The van der Waals surface area contributed by atoms with Gasteiger partial charge in [0.1, 0.15) is 0 Å². The first-order chi connectivity index (χ1) is 5.37. The van der Waals surface area contributed by atoms with E-state index in [0.29, 0.717) is 0 Å². The Kier molecular flexibility index (Phi) is 3.47. The number of carboxylic acids is 1. The number of nitrogens with zero attached hydrogens (tertiary/aromatic N) is 1. The first-order valence-electron chi connectivity index (χ1n) is 3.50. The van der Waals surface area contributed by atoms with Gasteiger partial charge in [-0.2, -0.15) is 0 Å². The number of hydrogen-bond donors (Lipinski definition) is 1. The van der Waals surface area contributed by atoms with Crippen molar-refractivity contribution in [3.05, 3.63) is 11.1 Å². The zero-order valence-electron chi connectivity index (χ0n) is 7.71. The second-order valence-electron chi connectivity index (χ2n) is 2.75. The van der Waals surface area contributed by atoms with Gasteiger partial charge in [0.25, 0.3) is 0 Å². The van der Waals surface area contributed by atoms with E-state index in [0.717, 1.165) is 0 Å². The highest BCUT2D eigenvalue weighted by Crippen LogP contribution is 2.05. The average Bonchev–Trinajstić information content (AvgIpc) is 2.00. The lowest BCUT2D eigenvalue weighted by atomic mass is 10.1. The van der Waals surface area contributed by atoms with E-state index in [1.54, 1.807) is 14.1 Å². The molecule has 0 fully saturated rings. The summed E-state index contributed by atoms with van der Waals surface area (Å²) in [5.41, 5.74) is 0.362. The van der Waals surface area contributed by atoms with E-state index in [4.69, 9.17) is 5.11 Å². The normalized spacial score (nSPS) is 12.0. The Morgan fingerprint density at radius 2 is 1.50 bits per heavy atom. The van der Waals surface area contributed by atoms with Crippen molar-refractivity contribution in [2.24, 2.45) is 0 Å². The molecule has 4 heteroatoms. The molecular formula is C8H13NO3.